The van der Waals surface area contributed by atoms with Gasteiger partial charge in [0.05, 0.1) is 16.7 Å². The van der Waals surface area contributed by atoms with E-state index in [1.54, 1.807) is 48.5 Å². The maximum atomic E-state index is 12.0. The lowest BCUT2D eigenvalue weighted by Gasteiger charge is -2.07. The summed E-state index contributed by atoms with van der Waals surface area (Å²) in [4.78, 5) is 10.2. The summed E-state index contributed by atoms with van der Waals surface area (Å²) < 4.78 is 26.5. The van der Waals surface area contributed by atoms with Gasteiger partial charge in [-0.1, -0.05) is 35.9 Å². The Kier molecular flexibility index (Phi) is 8.09. The summed E-state index contributed by atoms with van der Waals surface area (Å²) in [7, 11) is -3.48. The van der Waals surface area contributed by atoms with Crippen LogP contribution >= 0.6 is 23.2 Å². The molecular formula is C16H17Cl2NO3S. The van der Waals surface area contributed by atoms with Crippen LogP contribution in [0.4, 0.5) is 5.69 Å². The largest absolute Gasteiger partial charge is 0.297 e. The summed E-state index contributed by atoms with van der Waals surface area (Å²) in [5.41, 5.74) is 1.59. The Morgan fingerprint density at radius 3 is 1.91 bits per heavy atom. The number of sulfonamides is 1. The second-order valence-electron chi connectivity index (χ2n) is 4.59. The Labute approximate surface area is 146 Å². The van der Waals surface area contributed by atoms with Crippen LogP contribution in [0, 0.1) is 6.92 Å². The lowest BCUT2D eigenvalue weighted by Crippen LogP contribution is -2.12. The van der Waals surface area contributed by atoms with E-state index in [2.05, 4.69) is 4.72 Å². The van der Waals surface area contributed by atoms with Gasteiger partial charge in [0.15, 0.2) is 5.78 Å². The van der Waals surface area contributed by atoms with E-state index in [1.807, 2.05) is 13.0 Å². The SMILES string of the molecule is Cc1ccc(S(=O)(=O)Nc2ccccc2)cc1.O=C(CCl)CCl. The molecule has 0 aromatic heterocycles. The first-order chi connectivity index (χ1) is 10.9. The van der Waals surface area contributed by atoms with E-state index < -0.39 is 10.0 Å². The van der Waals surface area contributed by atoms with Crippen molar-refractivity contribution >= 4 is 44.7 Å². The Balaban J connectivity index is 0.000000379. The van der Waals surface area contributed by atoms with Crippen LogP contribution < -0.4 is 4.72 Å². The molecule has 1 N–H and O–H groups in total. The number of hydrogen-bond donors (Lipinski definition) is 1. The molecule has 0 unspecified atom stereocenters. The molecule has 4 nitrogen and oxygen atoms in total. The molecule has 0 aliphatic carbocycles. The summed E-state index contributed by atoms with van der Waals surface area (Å²) >= 11 is 10.0. The fraction of sp³-hybridized carbons (Fsp3) is 0.188. The first kappa shape index (κ1) is 19.5. The Hall–Kier alpha value is -1.56. The third kappa shape index (κ3) is 7.03. The molecule has 0 aliphatic heterocycles. The van der Waals surface area contributed by atoms with Gasteiger partial charge >= 0.3 is 0 Å². The van der Waals surface area contributed by atoms with Gasteiger partial charge in [0.2, 0.25) is 0 Å². The molecule has 0 saturated heterocycles. The van der Waals surface area contributed by atoms with Gasteiger partial charge < -0.3 is 0 Å². The lowest BCUT2D eigenvalue weighted by molar-refractivity contribution is -0.114. The summed E-state index contributed by atoms with van der Waals surface area (Å²) in [6, 6.07) is 15.6. The molecule has 0 heterocycles. The summed E-state index contributed by atoms with van der Waals surface area (Å²) in [5, 5.41) is 0. The highest BCUT2D eigenvalue weighted by atomic mass is 35.5. The molecule has 2 aromatic carbocycles. The quantitative estimate of drug-likeness (QED) is 0.809. The molecular weight excluding hydrogens is 357 g/mol. The van der Waals surface area contributed by atoms with E-state index in [-0.39, 0.29) is 22.4 Å². The van der Waals surface area contributed by atoms with Gasteiger partial charge in [-0.05, 0) is 31.2 Å². The third-order valence-electron chi connectivity index (χ3n) is 2.66. The molecule has 124 valence electrons. The van der Waals surface area contributed by atoms with Gasteiger partial charge in [-0.25, -0.2) is 8.42 Å². The number of Topliss-reactive ketones (excluding diaryl/α,β-unsaturated/α-hetero) is 1. The van der Waals surface area contributed by atoms with Crippen molar-refractivity contribution in [3.05, 3.63) is 60.2 Å². The molecule has 2 aromatic rings. The zero-order valence-corrected chi connectivity index (χ0v) is 14.8. The van der Waals surface area contributed by atoms with Crippen LogP contribution in [0.3, 0.4) is 0 Å². The summed E-state index contributed by atoms with van der Waals surface area (Å²) in [5.74, 6) is -0.0640. The number of ketones is 1. The lowest BCUT2D eigenvalue weighted by atomic mass is 10.2. The number of hydrogen-bond acceptors (Lipinski definition) is 3. The van der Waals surface area contributed by atoms with Crippen LogP contribution in [-0.2, 0) is 14.8 Å². The van der Waals surface area contributed by atoms with E-state index in [0.29, 0.717) is 5.69 Å². The van der Waals surface area contributed by atoms with E-state index in [0.717, 1.165) is 5.56 Å². The molecule has 0 aliphatic rings. The zero-order chi connectivity index (χ0) is 17.3. The van der Waals surface area contributed by atoms with Gasteiger partial charge in [-0.3, -0.25) is 9.52 Å². The van der Waals surface area contributed by atoms with Crippen molar-refractivity contribution in [3.63, 3.8) is 0 Å². The first-order valence-electron chi connectivity index (χ1n) is 6.67. The van der Waals surface area contributed by atoms with Gasteiger partial charge in [0.1, 0.15) is 0 Å². The number of aryl methyl sites for hydroxylation is 1. The van der Waals surface area contributed by atoms with Gasteiger partial charge in [-0.15, -0.1) is 23.2 Å². The highest BCUT2D eigenvalue weighted by molar-refractivity contribution is 7.92. The van der Waals surface area contributed by atoms with Crippen LogP contribution in [0.25, 0.3) is 0 Å². The highest BCUT2D eigenvalue weighted by Gasteiger charge is 2.13. The molecule has 0 atom stereocenters. The molecule has 2 rings (SSSR count). The molecule has 0 radical (unpaired) electrons. The smallest absolute Gasteiger partial charge is 0.261 e. The van der Waals surface area contributed by atoms with Crippen LogP contribution in [0.15, 0.2) is 59.5 Å². The van der Waals surface area contributed by atoms with Crippen molar-refractivity contribution in [2.24, 2.45) is 0 Å². The van der Waals surface area contributed by atoms with E-state index >= 15 is 0 Å². The maximum absolute atomic E-state index is 12.0. The van der Waals surface area contributed by atoms with E-state index in [9.17, 15) is 13.2 Å². The number of carbonyl (C=O) groups excluding carboxylic acids is 1. The fourth-order valence-electron chi connectivity index (χ4n) is 1.47. The van der Waals surface area contributed by atoms with Crippen LogP contribution in [0.1, 0.15) is 5.56 Å². The highest BCUT2D eigenvalue weighted by Crippen LogP contribution is 2.15. The topological polar surface area (TPSA) is 63.2 Å². The zero-order valence-electron chi connectivity index (χ0n) is 12.5. The molecule has 23 heavy (non-hydrogen) atoms. The molecule has 0 fully saturated rings. The van der Waals surface area contributed by atoms with Gasteiger partial charge in [-0.2, -0.15) is 0 Å². The van der Waals surface area contributed by atoms with Crippen LogP contribution in [0.5, 0.6) is 0 Å². The minimum Gasteiger partial charge on any atom is -0.297 e. The number of benzene rings is 2. The minimum absolute atomic E-state index is 0.0312. The molecule has 0 amide bonds. The number of anilines is 1. The standard InChI is InChI=1S/C13H13NO2S.C3H4Cl2O/c1-11-7-9-13(10-8-11)17(15,16)14-12-5-3-2-4-6-12;4-1-3(6)2-5/h2-10,14H,1H3;1-2H2. The molecule has 0 spiro atoms. The molecule has 0 bridgehead atoms. The second kappa shape index (κ2) is 9.55. The van der Waals surface area contributed by atoms with Crippen molar-refractivity contribution in [2.75, 3.05) is 16.5 Å². The predicted octanol–water partition coefficient (Wildman–Crippen LogP) is 3.83. The normalized spacial score (nSPS) is 10.4. The summed E-state index contributed by atoms with van der Waals surface area (Å²) in [6.07, 6.45) is 0. The Morgan fingerprint density at radius 1 is 0.957 bits per heavy atom. The van der Waals surface area contributed by atoms with E-state index in [1.165, 1.54) is 0 Å². The number of alkyl halides is 2. The minimum atomic E-state index is -3.48. The molecule has 0 saturated carbocycles. The van der Waals surface area contributed by atoms with Crippen molar-refractivity contribution in [1.82, 2.24) is 0 Å². The number of nitrogens with one attached hydrogen (secondary N) is 1. The number of halogens is 2. The number of rotatable bonds is 5. The van der Waals surface area contributed by atoms with Crippen molar-refractivity contribution in [3.8, 4) is 0 Å². The number of para-hydroxylation sites is 1. The first-order valence-corrected chi connectivity index (χ1v) is 9.22. The maximum Gasteiger partial charge on any atom is 0.261 e. The Morgan fingerprint density at radius 2 is 1.48 bits per heavy atom. The van der Waals surface area contributed by atoms with Gasteiger partial charge in [0.25, 0.3) is 10.0 Å². The van der Waals surface area contributed by atoms with E-state index in [4.69, 9.17) is 23.2 Å². The Bertz CT molecular complexity index is 711. The van der Waals surface area contributed by atoms with Crippen molar-refractivity contribution in [1.29, 1.82) is 0 Å². The average Bonchev–Trinajstić information content (AvgIpc) is 2.55. The monoisotopic (exact) mass is 373 g/mol. The van der Waals surface area contributed by atoms with Gasteiger partial charge in [0, 0.05) is 5.69 Å². The van der Waals surface area contributed by atoms with Crippen molar-refractivity contribution < 1.29 is 13.2 Å². The number of carbonyl (C=O) groups is 1. The van der Waals surface area contributed by atoms with Crippen LogP contribution in [-0.4, -0.2) is 26.0 Å². The average molecular weight is 374 g/mol. The third-order valence-corrected chi connectivity index (χ3v) is 4.65. The second-order valence-corrected chi connectivity index (χ2v) is 6.81. The predicted molar refractivity (Wildman–Crippen MR) is 94.9 cm³/mol. The van der Waals surface area contributed by atoms with Crippen LogP contribution in [0.2, 0.25) is 0 Å². The molecule has 7 heteroatoms. The van der Waals surface area contributed by atoms with Crippen molar-refractivity contribution in [2.45, 2.75) is 11.8 Å². The summed E-state index contributed by atoms with van der Waals surface area (Å²) in [6.45, 7) is 1.92. The fourth-order valence-corrected chi connectivity index (χ4v) is 2.82.